The summed E-state index contributed by atoms with van der Waals surface area (Å²) in [6.45, 7) is 4.62. The molecular weight excluding hydrogens is 404 g/mol. The van der Waals surface area contributed by atoms with E-state index in [4.69, 9.17) is 15.9 Å². The van der Waals surface area contributed by atoms with Gasteiger partial charge in [-0.1, -0.05) is 20.3 Å². The first kappa shape index (κ1) is 26.8. The Hall–Kier alpha value is -3.22. The number of carbonyl (C=O) groups is 6. The van der Waals surface area contributed by atoms with Gasteiger partial charge in [-0.25, -0.2) is 4.79 Å². The molecule has 0 spiro atoms. The zero-order chi connectivity index (χ0) is 23.6. The maximum atomic E-state index is 12.3. The van der Waals surface area contributed by atoms with Crippen LogP contribution in [-0.4, -0.2) is 75.1 Å². The Balaban J connectivity index is 5.14. The average molecular weight is 432 g/mol. The van der Waals surface area contributed by atoms with Crippen LogP contribution in [0, 0.1) is 5.92 Å². The minimum absolute atomic E-state index is 0.385. The van der Waals surface area contributed by atoms with Gasteiger partial charge in [0.15, 0.2) is 0 Å². The molecule has 170 valence electrons. The molecule has 0 aliphatic heterocycles. The molecule has 0 saturated carbocycles. The molecule has 0 aliphatic carbocycles. The van der Waals surface area contributed by atoms with E-state index in [0.29, 0.717) is 6.42 Å². The molecule has 0 saturated heterocycles. The quantitative estimate of drug-likeness (QED) is 0.167. The second kappa shape index (κ2) is 12.4. The van der Waals surface area contributed by atoms with Crippen LogP contribution in [0.5, 0.6) is 0 Å². The Morgan fingerprint density at radius 2 is 1.33 bits per heavy atom. The molecule has 0 aromatic rings. The van der Waals surface area contributed by atoms with Crippen molar-refractivity contribution in [2.75, 3.05) is 0 Å². The van der Waals surface area contributed by atoms with E-state index in [0.717, 1.165) is 0 Å². The standard InChI is InChI=1S/C17H28N4O9/c1-4-7(2)13(17(29)30)21-14(26)8(3)19-16(28)10(6-12(24)25)20-15(27)9(18)5-11(22)23/h7-10,13H,4-6,18H2,1-3H3,(H,19,28)(H,20,27)(H,21,26)(H,22,23)(H,24,25)(H,29,30). The minimum atomic E-state index is -1.63. The van der Waals surface area contributed by atoms with Crippen LogP contribution in [0.2, 0.25) is 0 Å². The molecule has 13 nitrogen and oxygen atoms in total. The van der Waals surface area contributed by atoms with E-state index in [1.54, 1.807) is 13.8 Å². The largest absolute Gasteiger partial charge is 0.481 e. The predicted molar refractivity (Wildman–Crippen MR) is 101 cm³/mol. The van der Waals surface area contributed by atoms with E-state index in [9.17, 15) is 33.9 Å². The number of nitrogens with one attached hydrogen (secondary N) is 3. The van der Waals surface area contributed by atoms with Crippen molar-refractivity contribution in [2.45, 2.75) is 64.2 Å². The third-order valence-corrected chi connectivity index (χ3v) is 4.27. The lowest BCUT2D eigenvalue weighted by Gasteiger charge is -2.24. The van der Waals surface area contributed by atoms with Gasteiger partial charge in [0.2, 0.25) is 17.7 Å². The lowest BCUT2D eigenvalue weighted by molar-refractivity contribution is -0.144. The number of aliphatic carboxylic acids is 3. The van der Waals surface area contributed by atoms with Crippen LogP contribution in [0.25, 0.3) is 0 Å². The smallest absolute Gasteiger partial charge is 0.326 e. The first-order valence-electron chi connectivity index (χ1n) is 9.13. The van der Waals surface area contributed by atoms with E-state index in [1.165, 1.54) is 6.92 Å². The molecule has 5 atom stereocenters. The van der Waals surface area contributed by atoms with Crippen LogP contribution in [0.3, 0.4) is 0 Å². The first-order valence-corrected chi connectivity index (χ1v) is 9.13. The number of rotatable bonds is 13. The molecule has 5 unspecified atom stereocenters. The Morgan fingerprint density at radius 1 is 0.800 bits per heavy atom. The van der Waals surface area contributed by atoms with Gasteiger partial charge in [-0.05, 0) is 12.8 Å². The second-order valence-electron chi connectivity index (χ2n) is 6.80. The maximum Gasteiger partial charge on any atom is 0.326 e. The van der Waals surface area contributed by atoms with Gasteiger partial charge in [-0.15, -0.1) is 0 Å². The Kier molecular flexibility index (Phi) is 11.0. The van der Waals surface area contributed by atoms with Crippen molar-refractivity contribution in [1.82, 2.24) is 16.0 Å². The van der Waals surface area contributed by atoms with Gasteiger partial charge in [0.05, 0.1) is 18.9 Å². The molecule has 0 fully saturated rings. The monoisotopic (exact) mass is 432 g/mol. The van der Waals surface area contributed by atoms with Crippen LogP contribution >= 0.6 is 0 Å². The summed E-state index contributed by atoms with van der Waals surface area (Å²) in [4.78, 5) is 69.4. The number of carboxylic acids is 3. The molecule has 0 heterocycles. The summed E-state index contributed by atoms with van der Waals surface area (Å²) < 4.78 is 0. The van der Waals surface area contributed by atoms with Crippen LogP contribution in [0.1, 0.15) is 40.0 Å². The Morgan fingerprint density at radius 3 is 1.77 bits per heavy atom. The van der Waals surface area contributed by atoms with Crippen molar-refractivity contribution in [3.05, 3.63) is 0 Å². The summed E-state index contributed by atoms with van der Waals surface area (Å²) >= 11 is 0. The van der Waals surface area contributed by atoms with Crippen molar-refractivity contribution >= 4 is 35.6 Å². The minimum Gasteiger partial charge on any atom is -0.481 e. The predicted octanol–water partition coefficient (Wildman–Crippen LogP) is -2.13. The fourth-order valence-corrected chi connectivity index (χ4v) is 2.28. The molecule has 0 rings (SSSR count). The molecule has 8 N–H and O–H groups in total. The lowest BCUT2D eigenvalue weighted by atomic mass is 9.99. The van der Waals surface area contributed by atoms with Crippen LogP contribution < -0.4 is 21.7 Å². The summed E-state index contributed by atoms with van der Waals surface area (Å²) in [5, 5.41) is 33.3. The molecule has 3 amide bonds. The highest BCUT2D eigenvalue weighted by Crippen LogP contribution is 2.08. The highest BCUT2D eigenvalue weighted by Gasteiger charge is 2.31. The third kappa shape index (κ3) is 9.32. The zero-order valence-electron chi connectivity index (χ0n) is 16.9. The third-order valence-electron chi connectivity index (χ3n) is 4.27. The van der Waals surface area contributed by atoms with E-state index < -0.39 is 72.6 Å². The number of amides is 3. The maximum absolute atomic E-state index is 12.3. The molecule has 0 aromatic heterocycles. The number of hydrogen-bond donors (Lipinski definition) is 7. The SMILES string of the molecule is CCC(C)C(NC(=O)C(C)NC(=O)C(CC(=O)O)NC(=O)C(N)CC(=O)O)C(=O)O. The number of carbonyl (C=O) groups excluding carboxylic acids is 3. The Bertz CT molecular complexity index is 682. The summed E-state index contributed by atoms with van der Waals surface area (Å²) in [6, 6.07) is -5.58. The molecule has 0 bridgehead atoms. The van der Waals surface area contributed by atoms with Crippen molar-refractivity contribution in [2.24, 2.45) is 11.7 Å². The van der Waals surface area contributed by atoms with Gasteiger partial charge in [0.1, 0.15) is 18.1 Å². The van der Waals surface area contributed by atoms with E-state index in [1.807, 2.05) is 5.32 Å². The molecular formula is C17H28N4O9. The summed E-state index contributed by atoms with van der Waals surface area (Å²) in [7, 11) is 0. The van der Waals surface area contributed by atoms with Crippen molar-refractivity contribution in [3.8, 4) is 0 Å². The van der Waals surface area contributed by atoms with E-state index in [2.05, 4.69) is 10.6 Å². The zero-order valence-corrected chi connectivity index (χ0v) is 16.9. The molecule has 0 aromatic carbocycles. The van der Waals surface area contributed by atoms with Crippen molar-refractivity contribution in [3.63, 3.8) is 0 Å². The molecule has 13 heteroatoms. The van der Waals surface area contributed by atoms with Crippen molar-refractivity contribution in [1.29, 1.82) is 0 Å². The topological polar surface area (TPSA) is 225 Å². The van der Waals surface area contributed by atoms with Crippen LogP contribution in [-0.2, 0) is 28.8 Å². The van der Waals surface area contributed by atoms with Crippen LogP contribution in [0.15, 0.2) is 0 Å². The number of nitrogens with two attached hydrogens (primary N) is 1. The normalized spacial score (nSPS) is 15.6. The molecule has 30 heavy (non-hydrogen) atoms. The van der Waals surface area contributed by atoms with Gasteiger partial charge < -0.3 is 37.0 Å². The van der Waals surface area contributed by atoms with E-state index in [-0.39, 0.29) is 5.92 Å². The Labute approximate surface area is 172 Å². The van der Waals surface area contributed by atoms with Gasteiger partial charge in [-0.3, -0.25) is 24.0 Å². The molecule has 0 radical (unpaired) electrons. The second-order valence-corrected chi connectivity index (χ2v) is 6.80. The summed E-state index contributed by atoms with van der Waals surface area (Å²) in [5.74, 6) is -7.36. The van der Waals surface area contributed by atoms with Gasteiger partial charge in [0.25, 0.3) is 0 Å². The van der Waals surface area contributed by atoms with E-state index >= 15 is 0 Å². The van der Waals surface area contributed by atoms with Gasteiger partial charge >= 0.3 is 17.9 Å². The highest BCUT2D eigenvalue weighted by atomic mass is 16.4. The lowest BCUT2D eigenvalue weighted by Crippen LogP contribution is -2.57. The first-order chi connectivity index (χ1) is 13.8. The van der Waals surface area contributed by atoms with Gasteiger partial charge in [-0.2, -0.15) is 0 Å². The summed E-state index contributed by atoms with van der Waals surface area (Å²) in [5.41, 5.74) is 5.38. The fraction of sp³-hybridized carbons (Fsp3) is 0.647. The number of carboxylic acid groups (broad SMARTS) is 3. The fourth-order valence-electron chi connectivity index (χ4n) is 2.28. The van der Waals surface area contributed by atoms with Crippen LogP contribution in [0.4, 0.5) is 0 Å². The van der Waals surface area contributed by atoms with Crippen molar-refractivity contribution < 1.29 is 44.1 Å². The number of hydrogen-bond acceptors (Lipinski definition) is 7. The molecule has 0 aliphatic rings. The van der Waals surface area contributed by atoms with Gasteiger partial charge in [0, 0.05) is 0 Å². The summed E-state index contributed by atoms with van der Waals surface area (Å²) in [6.07, 6.45) is -1.12. The average Bonchev–Trinajstić information content (AvgIpc) is 2.63. The highest BCUT2D eigenvalue weighted by molar-refractivity contribution is 5.96.